The summed E-state index contributed by atoms with van der Waals surface area (Å²) in [5.74, 6) is 0.267. The molecule has 0 radical (unpaired) electrons. The van der Waals surface area contributed by atoms with Crippen LogP contribution in [0, 0.1) is 5.82 Å². The molecule has 3 N–H and O–H groups in total. The van der Waals surface area contributed by atoms with Crippen LogP contribution in [0.4, 0.5) is 10.1 Å². The highest BCUT2D eigenvalue weighted by Crippen LogP contribution is 2.28. The first-order valence-electron chi connectivity index (χ1n) is 7.86. The molecule has 0 atom stereocenters. The van der Waals surface area contributed by atoms with Gasteiger partial charge in [-0.3, -0.25) is 15.6 Å². The highest BCUT2D eigenvalue weighted by atomic mass is 32.1. The molecular weight excluding hydrogens is 357 g/mol. The number of amides is 1. The summed E-state index contributed by atoms with van der Waals surface area (Å²) in [6.07, 6.45) is -0.0137. The summed E-state index contributed by atoms with van der Waals surface area (Å²) < 4.78 is 23.7. The summed E-state index contributed by atoms with van der Waals surface area (Å²) in [4.78, 5) is 12.2. The maximum atomic E-state index is 12.9. The fraction of sp³-hybridized carbons (Fsp3) is 0.222. The second kappa shape index (κ2) is 9.00. The van der Waals surface area contributed by atoms with Crippen molar-refractivity contribution in [1.82, 2.24) is 10.9 Å². The first-order valence-corrected chi connectivity index (χ1v) is 8.27. The highest BCUT2D eigenvalue weighted by Gasteiger charge is 2.12. The van der Waals surface area contributed by atoms with Crippen molar-refractivity contribution >= 4 is 28.9 Å². The summed E-state index contributed by atoms with van der Waals surface area (Å²) in [7, 11) is 1.50. The summed E-state index contributed by atoms with van der Waals surface area (Å²) in [5, 5.41) is 2.99. The van der Waals surface area contributed by atoms with Gasteiger partial charge in [0.2, 0.25) is 0 Å². The number of carbonyl (C=O) groups excluding carboxylic acids is 1. The third-order valence-electron chi connectivity index (χ3n) is 3.18. The number of benzene rings is 2. The first-order chi connectivity index (χ1) is 12.4. The van der Waals surface area contributed by atoms with Crippen LogP contribution in [-0.2, 0) is 0 Å². The van der Waals surface area contributed by atoms with Gasteiger partial charge in [0.25, 0.3) is 5.91 Å². The lowest BCUT2D eigenvalue weighted by molar-refractivity contribution is 0.0943. The van der Waals surface area contributed by atoms with Gasteiger partial charge in [-0.2, -0.15) is 0 Å². The largest absolute Gasteiger partial charge is 0.493 e. The molecule has 0 aliphatic carbocycles. The van der Waals surface area contributed by atoms with Crippen molar-refractivity contribution < 1.29 is 18.7 Å². The Morgan fingerprint density at radius 2 is 1.77 bits per heavy atom. The van der Waals surface area contributed by atoms with E-state index in [2.05, 4.69) is 16.2 Å². The van der Waals surface area contributed by atoms with Crippen LogP contribution >= 0.6 is 12.2 Å². The van der Waals surface area contributed by atoms with Crippen molar-refractivity contribution in [2.45, 2.75) is 20.0 Å². The van der Waals surface area contributed by atoms with Gasteiger partial charge in [-0.15, -0.1) is 0 Å². The van der Waals surface area contributed by atoms with Gasteiger partial charge in [-0.25, -0.2) is 4.39 Å². The Labute approximate surface area is 156 Å². The molecule has 8 heteroatoms. The van der Waals surface area contributed by atoms with Crippen LogP contribution in [0.5, 0.6) is 11.5 Å². The third kappa shape index (κ3) is 5.59. The van der Waals surface area contributed by atoms with E-state index in [1.54, 1.807) is 18.2 Å². The number of anilines is 1. The second-order valence-corrected chi connectivity index (χ2v) is 5.98. The van der Waals surface area contributed by atoms with Crippen LogP contribution in [0.15, 0.2) is 42.5 Å². The third-order valence-corrected chi connectivity index (χ3v) is 3.38. The van der Waals surface area contributed by atoms with Crippen molar-refractivity contribution in [1.29, 1.82) is 0 Å². The number of hydrazine groups is 1. The van der Waals surface area contributed by atoms with Gasteiger partial charge in [0.15, 0.2) is 16.6 Å². The average molecular weight is 377 g/mol. The Kier molecular flexibility index (Phi) is 6.74. The molecule has 0 unspecified atom stereocenters. The zero-order valence-corrected chi connectivity index (χ0v) is 15.4. The van der Waals surface area contributed by atoms with Gasteiger partial charge in [0, 0.05) is 11.3 Å². The Morgan fingerprint density at radius 3 is 2.38 bits per heavy atom. The number of hydrogen-bond acceptors (Lipinski definition) is 4. The molecule has 2 aromatic carbocycles. The summed E-state index contributed by atoms with van der Waals surface area (Å²) >= 11 is 5.08. The number of hydrogen-bond donors (Lipinski definition) is 3. The molecule has 0 fully saturated rings. The standard InChI is InChI=1S/C18H20FN3O3S/c1-11(2)25-15-9-4-12(10-16(15)24-3)17(23)21-22-18(26)20-14-7-5-13(19)6-8-14/h4-11H,1-3H3,(H,21,23)(H2,20,22,26). The molecule has 6 nitrogen and oxygen atoms in total. The molecule has 0 saturated carbocycles. The van der Waals surface area contributed by atoms with Crippen LogP contribution < -0.4 is 25.6 Å². The van der Waals surface area contributed by atoms with Gasteiger partial charge in [0.1, 0.15) is 5.82 Å². The molecule has 0 bridgehead atoms. The molecule has 0 aliphatic heterocycles. The van der Waals surface area contributed by atoms with Gasteiger partial charge < -0.3 is 14.8 Å². The fourth-order valence-corrected chi connectivity index (χ4v) is 2.21. The monoisotopic (exact) mass is 377 g/mol. The molecule has 0 heterocycles. The van der Waals surface area contributed by atoms with Crippen molar-refractivity contribution in [3.63, 3.8) is 0 Å². The van der Waals surface area contributed by atoms with Crippen LogP contribution in [0.25, 0.3) is 0 Å². The number of thiocarbonyl (C=S) groups is 1. The van der Waals surface area contributed by atoms with E-state index in [1.165, 1.54) is 31.4 Å². The molecule has 26 heavy (non-hydrogen) atoms. The van der Waals surface area contributed by atoms with Crippen molar-refractivity contribution in [3.8, 4) is 11.5 Å². The zero-order chi connectivity index (χ0) is 19.1. The van der Waals surface area contributed by atoms with Gasteiger partial charge in [0.05, 0.1) is 13.2 Å². The van der Waals surface area contributed by atoms with E-state index in [0.29, 0.717) is 22.7 Å². The molecule has 0 saturated heterocycles. The minimum Gasteiger partial charge on any atom is -0.493 e. The van der Waals surface area contributed by atoms with Crippen molar-refractivity contribution in [2.75, 3.05) is 12.4 Å². The Morgan fingerprint density at radius 1 is 1.08 bits per heavy atom. The van der Waals surface area contributed by atoms with Crippen LogP contribution in [0.1, 0.15) is 24.2 Å². The van der Waals surface area contributed by atoms with E-state index in [0.717, 1.165) is 0 Å². The number of carbonyl (C=O) groups is 1. The second-order valence-electron chi connectivity index (χ2n) is 5.57. The lowest BCUT2D eigenvalue weighted by Crippen LogP contribution is -2.43. The quantitative estimate of drug-likeness (QED) is 0.549. The predicted molar refractivity (Wildman–Crippen MR) is 102 cm³/mol. The fourth-order valence-electron chi connectivity index (χ4n) is 2.04. The zero-order valence-electron chi connectivity index (χ0n) is 14.6. The van der Waals surface area contributed by atoms with Crippen molar-refractivity contribution in [3.05, 3.63) is 53.8 Å². The maximum Gasteiger partial charge on any atom is 0.269 e. The normalized spacial score (nSPS) is 10.2. The van der Waals surface area contributed by atoms with E-state index in [1.807, 2.05) is 13.8 Å². The first kappa shape index (κ1) is 19.5. The number of nitrogens with one attached hydrogen (secondary N) is 3. The SMILES string of the molecule is COc1cc(C(=O)NNC(=S)Nc2ccc(F)cc2)ccc1OC(C)C. The predicted octanol–water partition coefficient (Wildman–Crippen LogP) is 3.25. The minimum absolute atomic E-state index is 0.0137. The molecule has 0 aromatic heterocycles. The van der Waals surface area contributed by atoms with Gasteiger partial charge in [-0.05, 0) is 68.5 Å². The van der Waals surface area contributed by atoms with E-state index in [4.69, 9.17) is 21.7 Å². The van der Waals surface area contributed by atoms with Crippen LogP contribution in [0.3, 0.4) is 0 Å². The Hall–Kier alpha value is -2.87. The lowest BCUT2D eigenvalue weighted by atomic mass is 10.2. The Balaban J connectivity index is 1.94. The smallest absolute Gasteiger partial charge is 0.269 e. The molecule has 2 aromatic rings. The van der Waals surface area contributed by atoms with Crippen molar-refractivity contribution in [2.24, 2.45) is 0 Å². The Bertz CT molecular complexity index is 782. The molecule has 0 spiro atoms. The molecular formula is C18H20FN3O3S. The number of ether oxygens (including phenoxy) is 2. The minimum atomic E-state index is -0.400. The van der Waals surface area contributed by atoms with E-state index in [9.17, 15) is 9.18 Å². The van der Waals surface area contributed by atoms with E-state index < -0.39 is 5.91 Å². The van der Waals surface area contributed by atoms with Gasteiger partial charge >= 0.3 is 0 Å². The number of halogens is 1. The summed E-state index contributed by atoms with van der Waals surface area (Å²) in [5.41, 5.74) is 6.03. The highest BCUT2D eigenvalue weighted by molar-refractivity contribution is 7.80. The molecule has 2 rings (SSSR count). The van der Waals surface area contributed by atoms with E-state index in [-0.39, 0.29) is 17.0 Å². The molecule has 138 valence electrons. The summed E-state index contributed by atoms with van der Waals surface area (Å²) in [6, 6.07) is 10.5. The lowest BCUT2D eigenvalue weighted by Gasteiger charge is -2.15. The topological polar surface area (TPSA) is 71.6 Å². The average Bonchev–Trinajstić information content (AvgIpc) is 2.61. The van der Waals surface area contributed by atoms with Gasteiger partial charge in [-0.1, -0.05) is 0 Å². The maximum absolute atomic E-state index is 12.9. The van der Waals surface area contributed by atoms with E-state index >= 15 is 0 Å². The summed E-state index contributed by atoms with van der Waals surface area (Å²) in [6.45, 7) is 3.80. The van der Waals surface area contributed by atoms with Crippen LogP contribution in [-0.4, -0.2) is 24.2 Å². The van der Waals surface area contributed by atoms with Crippen LogP contribution in [0.2, 0.25) is 0 Å². The molecule has 0 aliphatic rings. The number of methoxy groups -OCH3 is 1. The number of rotatable bonds is 5. The molecule has 1 amide bonds.